The van der Waals surface area contributed by atoms with E-state index >= 15 is 0 Å². The fraction of sp³-hybridized carbons (Fsp3) is 0.182. The highest BCUT2D eigenvalue weighted by molar-refractivity contribution is 6.04. The molecule has 0 saturated heterocycles. The van der Waals surface area contributed by atoms with Gasteiger partial charge < -0.3 is 24.8 Å². The molecule has 0 fully saturated rings. The number of benzene rings is 2. The van der Waals surface area contributed by atoms with Gasteiger partial charge in [0.15, 0.2) is 11.5 Å². The van der Waals surface area contributed by atoms with Crippen LogP contribution in [-0.2, 0) is 0 Å². The second-order valence-corrected chi connectivity index (χ2v) is 6.24. The normalized spacial score (nSPS) is 10.2. The third-order valence-electron chi connectivity index (χ3n) is 4.36. The van der Waals surface area contributed by atoms with E-state index in [4.69, 9.17) is 14.2 Å². The fourth-order valence-electron chi connectivity index (χ4n) is 2.81. The number of pyridine rings is 1. The lowest BCUT2D eigenvalue weighted by Gasteiger charge is -2.14. The Morgan fingerprint density at radius 1 is 0.931 bits per heavy atom. The molecule has 29 heavy (non-hydrogen) atoms. The Morgan fingerprint density at radius 2 is 1.62 bits per heavy atom. The second-order valence-electron chi connectivity index (χ2n) is 6.24. The highest BCUT2D eigenvalue weighted by Gasteiger charge is 2.15. The summed E-state index contributed by atoms with van der Waals surface area (Å²) in [6.45, 7) is 2.02. The number of methoxy groups -OCH3 is 3. The molecule has 2 N–H and O–H groups in total. The number of amides is 1. The molecule has 1 aromatic heterocycles. The van der Waals surface area contributed by atoms with Crippen LogP contribution in [0.1, 0.15) is 15.9 Å². The van der Waals surface area contributed by atoms with Crippen LogP contribution in [0, 0.1) is 6.92 Å². The Labute approximate surface area is 169 Å². The predicted octanol–water partition coefficient (Wildman–Crippen LogP) is 4.41. The van der Waals surface area contributed by atoms with Gasteiger partial charge in [-0.05, 0) is 30.7 Å². The van der Waals surface area contributed by atoms with Crippen molar-refractivity contribution in [3.05, 3.63) is 65.9 Å². The molecule has 1 heterocycles. The number of aryl methyl sites for hydroxylation is 1. The van der Waals surface area contributed by atoms with Crippen LogP contribution in [0.5, 0.6) is 17.2 Å². The quantitative estimate of drug-likeness (QED) is 0.619. The zero-order valence-corrected chi connectivity index (χ0v) is 16.8. The summed E-state index contributed by atoms with van der Waals surface area (Å²) in [4.78, 5) is 16.9. The van der Waals surface area contributed by atoms with Crippen LogP contribution in [0.15, 0.2) is 54.7 Å². The van der Waals surface area contributed by atoms with Crippen LogP contribution in [0.2, 0.25) is 0 Å². The summed E-state index contributed by atoms with van der Waals surface area (Å²) in [5.74, 6) is 1.73. The third-order valence-corrected chi connectivity index (χ3v) is 4.36. The first-order valence-electron chi connectivity index (χ1n) is 8.95. The number of nitrogens with one attached hydrogen (secondary N) is 2. The molecule has 0 bridgehead atoms. The van der Waals surface area contributed by atoms with Gasteiger partial charge in [-0.1, -0.05) is 18.2 Å². The fourth-order valence-corrected chi connectivity index (χ4v) is 2.81. The number of anilines is 3. The molecule has 0 aliphatic heterocycles. The first-order valence-corrected chi connectivity index (χ1v) is 8.95. The van der Waals surface area contributed by atoms with E-state index in [1.54, 1.807) is 24.3 Å². The van der Waals surface area contributed by atoms with Crippen molar-refractivity contribution in [3.8, 4) is 17.2 Å². The molecule has 7 nitrogen and oxygen atoms in total. The number of hydrogen-bond acceptors (Lipinski definition) is 6. The van der Waals surface area contributed by atoms with Crippen LogP contribution < -0.4 is 24.8 Å². The molecule has 0 atom stereocenters. The summed E-state index contributed by atoms with van der Waals surface area (Å²) in [7, 11) is 4.57. The molecule has 7 heteroatoms. The Bertz CT molecular complexity index is 978. The maximum Gasteiger partial charge on any atom is 0.257 e. The maximum atomic E-state index is 12.6. The zero-order chi connectivity index (χ0) is 20.8. The molecular formula is C22H23N3O4. The lowest BCUT2D eigenvalue weighted by Crippen LogP contribution is -2.12. The standard InChI is InChI=1S/C22H23N3O4/c1-14-7-5-6-8-17(14)25-20-10-9-15(13-23-20)22(26)24-16-11-18(27-2)21(29-4)19(12-16)28-3/h5-13H,1-4H3,(H,23,25)(H,24,26). The van der Waals surface area contributed by atoms with Crippen molar-refractivity contribution in [3.63, 3.8) is 0 Å². The van der Waals surface area contributed by atoms with E-state index in [2.05, 4.69) is 15.6 Å². The third kappa shape index (κ3) is 4.57. The number of para-hydroxylation sites is 1. The summed E-state index contributed by atoms with van der Waals surface area (Å²) >= 11 is 0. The minimum Gasteiger partial charge on any atom is -0.493 e. The molecule has 0 aliphatic rings. The van der Waals surface area contributed by atoms with Crippen molar-refractivity contribution in [2.24, 2.45) is 0 Å². The van der Waals surface area contributed by atoms with Gasteiger partial charge in [-0.15, -0.1) is 0 Å². The molecule has 0 radical (unpaired) electrons. The molecule has 0 saturated carbocycles. The highest BCUT2D eigenvalue weighted by atomic mass is 16.5. The van der Waals surface area contributed by atoms with Gasteiger partial charge in [0.2, 0.25) is 5.75 Å². The second kappa shape index (κ2) is 8.97. The van der Waals surface area contributed by atoms with Gasteiger partial charge in [-0.3, -0.25) is 4.79 Å². The number of ether oxygens (including phenoxy) is 3. The molecule has 2 aromatic carbocycles. The van der Waals surface area contributed by atoms with Crippen molar-refractivity contribution < 1.29 is 19.0 Å². The van der Waals surface area contributed by atoms with Gasteiger partial charge in [0, 0.05) is 29.7 Å². The lowest BCUT2D eigenvalue weighted by molar-refractivity contribution is 0.102. The van der Waals surface area contributed by atoms with E-state index in [0.29, 0.717) is 34.3 Å². The molecule has 3 rings (SSSR count). The van der Waals surface area contributed by atoms with E-state index in [9.17, 15) is 4.79 Å². The van der Waals surface area contributed by atoms with Crippen molar-refractivity contribution >= 4 is 23.1 Å². The van der Waals surface area contributed by atoms with E-state index in [-0.39, 0.29) is 5.91 Å². The zero-order valence-electron chi connectivity index (χ0n) is 16.8. The number of carbonyl (C=O) groups is 1. The number of aromatic nitrogens is 1. The van der Waals surface area contributed by atoms with Crippen molar-refractivity contribution in [1.82, 2.24) is 4.98 Å². The minimum absolute atomic E-state index is 0.297. The molecule has 0 aliphatic carbocycles. The van der Waals surface area contributed by atoms with Gasteiger partial charge in [-0.2, -0.15) is 0 Å². The first kappa shape index (κ1) is 20.0. The van der Waals surface area contributed by atoms with Crippen LogP contribution in [0.25, 0.3) is 0 Å². The van der Waals surface area contributed by atoms with Gasteiger partial charge in [-0.25, -0.2) is 4.98 Å². The Hall–Kier alpha value is -3.74. The monoisotopic (exact) mass is 393 g/mol. The van der Waals surface area contributed by atoms with Crippen molar-refractivity contribution in [2.45, 2.75) is 6.92 Å². The predicted molar refractivity (Wildman–Crippen MR) is 113 cm³/mol. The minimum atomic E-state index is -0.297. The van der Waals surface area contributed by atoms with E-state index in [1.807, 2.05) is 31.2 Å². The average Bonchev–Trinajstić information content (AvgIpc) is 2.75. The average molecular weight is 393 g/mol. The molecule has 150 valence electrons. The molecule has 0 spiro atoms. The summed E-state index contributed by atoms with van der Waals surface area (Å²) in [6.07, 6.45) is 1.52. The van der Waals surface area contributed by atoms with Crippen LogP contribution >= 0.6 is 0 Å². The van der Waals surface area contributed by atoms with E-state index in [1.165, 1.54) is 27.5 Å². The van der Waals surface area contributed by atoms with Crippen LogP contribution in [0.3, 0.4) is 0 Å². The molecular weight excluding hydrogens is 370 g/mol. The Kier molecular flexibility index (Phi) is 6.19. The van der Waals surface area contributed by atoms with Gasteiger partial charge in [0.25, 0.3) is 5.91 Å². The van der Waals surface area contributed by atoms with Crippen molar-refractivity contribution in [1.29, 1.82) is 0 Å². The number of rotatable bonds is 7. The van der Waals surface area contributed by atoms with E-state index < -0.39 is 0 Å². The van der Waals surface area contributed by atoms with Gasteiger partial charge >= 0.3 is 0 Å². The summed E-state index contributed by atoms with van der Waals surface area (Å²) in [6, 6.07) is 14.7. The highest BCUT2D eigenvalue weighted by Crippen LogP contribution is 2.40. The molecule has 3 aromatic rings. The van der Waals surface area contributed by atoms with Crippen LogP contribution in [0.4, 0.5) is 17.2 Å². The van der Waals surface area contributed by atoms with Crippen molar-refractivity contribution in [2.75, 3.05) is 32.0 Å². The van der Waals surface area contributed by atoms with Gasteiger partial charge in [0.1, 0.15) is 5.82 Å². The first-order chi connectivity index (χ1) is 14.0. The number of hydrogen-bond donors (Lipinski definition) is 2. The number of nitrogens with zero attached hydrogens (tertiary/aromatic N) is 1. The lowest BCUT2D eigenvalue weighted by atomic mass is 10.2. The summed E-state index contributed by atoms with van der Waals surface area (Å²) < 4.78 is 15.9. The summed E-state index contributed by atoms with van der Waals surface area (Å²) in [5.41, 5.74) is 3.02. The van der Waals surface area contributed by atoms with Gasteiger partial charge in [0.05, 0.1) is 26.9 Å². The molecule has 1 amide bonds. The molecule has 0 unspecified atom stereocenters. The smallest absolute Gasteiger partial charge is 0.257 e. The summed E-state index contributed by atoms with van der Waals surface area (Å²) in [5, 5.41) is 6.06. The largest absolute Gasteiger partial charge is 0.493 e. The number of carbonyl (C=O) groups excluding carboxylic acids is 1. The maximum absolute atomic E-state index is 12.6. The Morgan fingerprint density at radius 3 is 2.17 bits per heavy atom. The SMILES string of the molecule is COc1cc(NC(=O)c2ccc(Nc3ccccc3C)nc2)cc(OC)c1OC. The van der Waals surface area contributed by atoms with E-state index in [0.717, 1.165) is 11.3 Å². The van der Waals surface area contributed by atoms with Crippen LogP contribution in [-0.4, -0.2) is 32.2 Å². The Balaban J connectivity index is 1.75. The topological polar surface area (TPSA) is 81.7 Å².